The summed E-state index contributed by atoms with van der Waals surface area (Å²) in [6.45, 7) is 2.19. The Labute approximate surface area is 249 Å². The molecule has 5 atom stereocenters. The molecule has 2 aromatic carbocycles. The van der Waals surface area contributed by atoms with Crippen molar-refractivity contribution in [3.05, 3.63) is 64.2 Å². The fourth-order valence-electron chi connectivity index (χ4n) is 7.69. The van der Waals surface area contributed by atoms with Gasteiger partial charge in [-0.15, -0.1) is 0 Å². The van der Waals surface area contributed by atoms with Crippen molar-refractivity contribution in [3.63, 3.8) is 0 Å². The lowest BCUT2D eigenvalue weighted by Gasteiger charge is -2.40. The summed E-state index contributed by atoms with van der Waals surface area (Å²) in [7, 11) is 0. The summed E-state index contributed by atoms with van der Waals surface area (Å²) in [5.74, 6) is -5.93. The molecule has 5 unspecified atom stereocenters. The third-order valence-corrected chi connectivity index (χ3v) is 9.76. The zero-order chi connectivity index (χ0) is 30.2. The van der Waals surface area contributed by atoms with Crippen LogP contribution in [0.2, 0.25) is 0 Å². The van der Waals surface area contributed by atoms with Crippen molar-refractivity contribution < 1.29 is 33.4 Å². The average molecular weight is 581 g/mol. The highest BCUT2D eigenvalue weighted by molar-refractivity contribution is 6.01. The molecule has 9 nitrogen and oxygen atoms in total. The average Bonchev–Trinajstić information content (AvgIpc) is 3.51. The predicted octanol–water partition coefficient (Wildman–Crippen LogP) is 5.31. The van der Waals surface area contributed by atoms with Crippen LogP contribution in [-0.2, 0) is 28.7 Å². The molecule has 0 radical (unpaired) electrons. The Kier molecular flexibility index (Phi) is 7.75. The number of benzene rings is 2. The number of unbranched alkanes of at least 4 members (excludes halogenated alkanes) is 1. The van der Waals surface area contributed by atoms with Crippen LogP contribution >= 0.6 is 0 Å². The van der Waals surface area contributed by atoms with Crippen LogP contribution in [0.3, 0.4) is 0 Å². The molecule has 2 saturated heterocycles. The number of carbonyl (C=O) groups is 4. The Hall–Kier alpha value is -4.50. The van der Waals surface area contributed by atoms with Gasteiger partial charge in [0.05, 0.1) is 23.8 Å². The SMILES string of the molecule is CCCCC1CCC(c2ccc(OC3C4C(=O)OC(=O)C4c4ccccc4C3C3CC(=O)OC3=O)c(C#N)c2C#N)CC1. The van der Waals surface area contributed by atoms with Gasteiger partial charge in [-0.25, -0.2) is 0 Å². The molecular weight excluding hydrogens is 548 g/mol. The number of cyclic esters (lactones) is 4. The maximum atomic E-state index is 13.1. The summed E-state index contributed by atoms with van der Waals surface area (Å²) < 4.78 is 16.4. The van der Waals surface area contributed by atoms with Crippen molar-refractivity contribution >= 4 is 23.9 Å². The smallest absolute Gasteiger partial charge is 0.322 e. The van der Waals surface area contributed by atoms with Gasteiger partial charge in [0.15, 0.2) is 0 Å². The molecule has 6 rings (SSSR count). The summed E-state index contributed by atoms with van der Waals surface area (Å²) in [4.78, 5) is 51.1. The minimum absolute atomic E-state index is 0.0463. The maximum Gasteiger partial charge on any atom is 0.322 e. The van der Waals surface area contributed by atoms with Crippen LogP contribution in [0.5, 0.6) is 5.75 Å². The molecule has 1 saturated carbocycles. The molecule has 3 fully saturated rings. The van der Waals surface area contributed by atoms with E-state index >= 15 is 0 Å². The maximum absolute atomic E-state index is 13.1. The van der Waals surface area contributed by atoms with E-state index in [0.29, 0.717) is 17.0 Å². The van der Waals surface area contributed by atoms with Crippen LogP contribution in [0.1, 0.15) is 104 Å². The van der Waals surface area contributed by atoms with Gasteiger partial charge in [0.1, 0.15) is 35.5 Å². The van der Waals surface area contributed by atoms with Gasteiger partial charge in [-0.3, -0.25) is 19.2 Å². The Morgan fingerprint density at radius 2 is 1.53 bits per heavy atom. The molecule has 9 heteroatoms. The number of fused-ring (bicyclic) bond motifs is 3. The van der Waals surface area contributed by atoms with Crippen molar-refractivity contribution in [1.29, 1.82) is 10.5 Å². The molecule has 2 aromatic rings. The highest BCUT2D eigenvalue weighted by Gasteiger charge is 2.60. The second-order valence-corrected chi connectivity index (χ2v) is 12.1. The van der Waals surface area contributed by atoms with Crippen LogP contribution < -0.4 is 4.74 Å². The van der Waals surface area contributed by atoms with Gasteiger partial charge < -0.3 is 14.2 Å². The minimum Gasteiger partial charge on any atom is -0.487 e. The van der Waals surface area contributed by atoms with Crippen LogP contribution in [0.4, 0.5) is 0 Å². The molecule has 0 amide bonds. The summed E-state index contributed by atoms with van der Waals surface area (Å²) in [6.07, 6.45) is 6.27. The topological polar surface area (TPSA) is 144 Å². The van der Waals surface area contributed by atoms with Crippen molar-refractivity contribution in [2.45, 2.75) is 82.1 Å². The Balaban J connectivity index is 1.39. The first-order valence-electron chi connectivity index (χ1n) is 15.1. The molecule has 220 valence electrons. The molecule has 0 bridgehead atoms. The van der Waals surface area contributed by atoms with E-state index in [1.54, 1.807) is 30.3 Å². The molecule has 2 aliphatic heterocycles. The second kappa shape index (κ2) is 11.6. The number of rotatable bonds is 7. The van der Waals surface area contributed by atoms with Crippen LogP contribution in [0.25, 0.3) is 0 Å². The first-order valence-corrected chi connectivity index (χ1v) is 15.1. The summed E-state index contributed by atoms with van der Waals surface area (Å²) in [5, 5.41) is 20.5. The number of hydrogen-bond acceptors (Lipinski definition) is 9. The lowest BCUT2D eigenvalue weighted by Crippen LogP contribution is -2.46. The Morgan fingerprint density at radius 3 is 2.19 bits per heavy atom. The third-order valence-electron chi connectivity index (χ3n) is 9.76. The van der Waals surface area contributed by atoms with Crippen LogP contribution in [0, 0.1) is 40.4 Å². The molecule has 4 aliphatic rings. The summed E-state index contributed by atoms with van der Waals surface area (Å²) in [5.41, 5.74) is 2.20. The van der Waals surface area contributed by atoms with Crippen molar-refractivity contribution in [3.8, 4) is 17.9 Å². The standard InChI is InChI=1S/C34H32N2O7/c1-2-3-6-18-9-11-19(12-10-18)20-13-14-26(25(17-36)24(20)16-35)41-31-28(23-15-27(37)42-32(23)38)21-7-4-5-8-22(21)29-30(31)34(40)43-33(29)39/h4-5,7-8,13-14,18-19,23,28-31H,2-3,6,9-12,15H2,1H3. The fourth-order valence-corrected chi connectivity index (χ4v) is 7.69. The van der Waals surface area contributed by atoms with E-state index in [0.717, 1.165) is 31.2 Å². The van der Waals surface area contributed by atoms with Crippen molar-refractivity contribution in [2.24, 2.45) is 17.8 Å². The number of ether oxygens (including phenoxy) is 3. The summed E-state index contributed by atoms with van der Waals surface area (Å²) in [6, 6.07) is 14.8. The van der Waals surface area contributed by atoms with Gasteiger partial charge in [-0.2, -0.15) is 10.5 Å². The number of esters is 4. The van der Waals surface area contributed by atoms with E-state index < -0.39 is 53.7 Å². The minimum atomic E-state index is -1.14. The zero-order valence-corrected chi connectivity index (χ0v) is 23.9. The largest absolute Gasteiger partial charge is 0.487 e. The fraction of sp³-hybridized carbons (Fsp3) is 0.471. The van der Waals surface area contributed by atoms with Crippen molar-refractivity contribution in [1.82, 2.24) is 0 Å². The highest BCUT2D eigenvalue weighted by atomic mass is 16.6. The third kappa shape index (κ3) is 4.97. The van der Waals surface area contributed by atoms with Gasteiger partial charge in [-0.05, 0) is 60.3 Å². The van der Waals surface area contributed by atoms with Gasteiger partial charge in [-0.1, -0.05) is 56.5 Å². The van der Waals surface area contributed by atoms with Gasteiger partial charge in [0.25, 0.3) is 0 Å². The molecular formula is C34H32N2O7. The second-order valence-electron chi connectivity index (χ2n) is 12.1. The molecule has 0 spiro atoms. The van der Waals surface area contributed by atoms with Gasteiger partial charge >= 0.3 is 23.9 Å². The predicted molar refractivity (Wildman–Crippen MR) is 150 cm³/mol. The first-order chi connectivity index (χ1) is 20.9. The molecule has 2 heterocycles. The molecule has 0 aromatic heterocycles. The first kappa shape index (κ1) is 28.6. The van der Waals surface area contributed by atoms with Gasteiger partial charge in [0, 0.05) is 5.92 Å². The van der Waals surface area contributed by atoms with E-state index in [-0.39, 0.29) is 29.2 Å². The van der Waals surface area contributed by atoms with E-state index in [1.807, 2.05) is 6.07 Å². The monoisotopic (exact) mass is 580 g/mol. The zero-order valence-electron chi connectivity index (χ0n) is 23.9. The van der Waals surface area contributed by atoms with E-state index in [2.05, 4.69) is 19.1 Å². The molecule has 2 aliphatic carbocycles. The normalized spacial score (nSPS) is 29.6. The lowest BCUT2D eigenvalue weighted by atomic mass is 9.65. The van der Waals surface area contributed by atoms with E-state index in [1.165, 1.54) is 19.3 Å². The quantitative estimate of drug-likeness (QED) is 0.314. The Morgan fingerprint density at radius 1 is 0.814 bits per heavy atom. The number of hydrogen-bond donors (Lipinski definition) is 0. The highest BCUT2D eigenvalue weighted by Crippen LogP contribution is 2.52. The van der Waals surface area contributed by atoms with E-state index in [4.69, 9.17) is 14.2 Å². The van der Waals surface area contributed by atoms with Crippen molar-refractivity contribution in [2.75, 3.05) is 0 Å². The number of nitrogens with zero attached hydrogens (tertiary/aromatic N) is 2. The van der Waals surface area contributed by atoms with Crippen LogP contribution in [0.15, 0.2) is 36.4 Å². The Bertz CT molecular complexity index is 1580. The number of nitriles is 2. The molecule has 0 N–H and O–H groups in total. The lowest BCUT2D eigenvalue weighted by molar-refractivity contribution is -0.156. The summed E-state index contributed by atoms with van der Waals surface area (Å²) >= 11 is 0. The molecule has 43 heavy (non-hydrogen) atoms. The van der Waals surface area contributed by atoms with Crippen LogP contribution in [-0.4, -0.2) is 30.0 Å². The van der Waals surface area contributed by atoms with E-state index in [9.17, 15) is 29.7 Å². The van der Waals surface area contributed by atoms with Gasteiger partial charge in [0.2, 0.25) is 0 Å². The number of carbonyl (C=O) groups excluding carboxylic acids is 4.